The van der Waals surface area contributed by atoms with E-state index in [-0.39, 0.29) is 0 Å². The Bertz CT molecular complexity index is 464. The summed E-state index contributed by atoms with van der Waals surface area (Å²) in [6, 6.07) is 0. The number of hydrogen-bond acceptors (Lipinski definition) is 0. The molecule has 0 nitrogen and oxygen atoms in total. The minimum atomic E-state index is 0.976. The molecule has 3 fully saturated rings. The summed E-state index contributed by atoms with van der Waals surface area (Å²) >= 11 is 0. The molecule has 0 aromatic rings. The molecule has 35 heavy (non-hydrogen) atoms. The molecule has 0 amide bonds. The Labute approximate surface area is 222 Å². The summed E-state index contributed by atoms with van der Waals surface area (Å²) in [7, 11) is 0. The van der Waals surface area contributed by atoms with Crippen LogP contribution >= 0.6 is 0 Å². The Morgan fingerprint density at radius 1 is 0.343 bits per heavy atom. The summed E-state index contributed by atoms with van der Waals surface area (Å²) in [4.78, 5) is 0. The highest BCUT2D eigenvalue weighted by Gasteiger charge is 2.31. The van der Waals surface area contributed by atoms with E-state index in [0.29, 0.717) is 0 Å². The van der Waals surface area contributed by atoms with Gasteiger partial charge in [0.25, 0.3) is 0 Å². The van der Waals surface area contributed by atoms with Crippen molar-refractivity contribution in [3.63, 3.8) is 0 Å². The summed E-state index contributed by atoms with van der Waals surface area (Å²) in [5.74, 6) is 5.26. The van der Waals surface area contributed by atoms with Crippen LogP contribution in [0.5, 0.6) is 0 Å². The van der Waals surface area contributed by atoms with Gasteiger partial charge in [0.05, 0.1) is 0 Å². The van der Waals surface area contributed by atoms with E-state index < -0.39 is 0 Å². The maximum Gasteiger partial charge on any atom is -0.0383 e. The third-order valence-electron chi connectivity index (χ3n) is 10.7. The Kier molecular flexibility index (Phi) is 16.1. The van der Waals surface area contributed by atoms with Crippen LogP contribution in [0.2, 0.25) is 0 Å². The van der Waals surface area contributed by atoms with Crippen LogP contribution in [0.4, 0.5) is 0 Å². The zero-order valence-electron chi connectivity index (χ0n) is 24.4. The Balaban J connectivity index is 1.44. The lowest BCUT2D eigenvalue weighted by molar-refractivity contribution is 0.251. The molecule has 4 atom stereocenters. The predicted molar refractivity (Wildman–Crippen MR) is 157 cm³/mol. The molecule has 0 saturated heterocycles. The first-order chi connectivity index (χ1) is 17.3. The van der Waals surface area contributed by atoms with E-state index in [1.54, 1.807) is 51.4 Å². The van der Waals surface area contributed by atoms with Crippen molar-refractivity contribution in [2.24, 2.45) is 29.6 Å². The molecule has 0 radical (unpaired) electrons. The third-order valence-corrected chi connectivity index (χ3v) is 10.7. The second-order valence-electron chi connectivity index (χ2n) is 13.9. The molecule has 0 aliphatic heterocycles. The second kappa shape index (κ2) is 19.1. The van der Waals surface area contributed by atoms with Gasteiger partial charge in [0.2, 0.25) is 0 Å². The Hall–Kier alpha value is 0. The van der Waals surface area contributed by atoms with Gasteiger partial charge >= 0.3 is 0 Å². The molecule has 0 spiro atoms. The topological polar surface area (TPSA) is 0 Å². The van der Waals surface area contributed by atoms with Crippen LogP contribution in [0.15, 0.2) is 0 Å². The van der Waals surface area contributed by atoms with Crippen molar-refractivity contribution in [2.75, 3.05) is 0 Å². The molecule has 0 heteroatoms. The van der Waals surface area contributed by atoms with E-state index >= 15 is 0 Å². The van der Waals surface area contributed by atoms with Crippen LogP contribution in [-0.2, 0) is 0 Å². The first kappa shape index (κ1) is 29.6. The third kappa shape index (κ3) is 13.4. The summed E-state index contributed by atoms with van der Waals surface area (Å²) in [6.45, 7) is 2.56. The van der Waals surface area contributed by atoms with E-state index in [9.17, 15) is 0 Å². The van der Waals surface area contributed by atoms with Crippen molar-refractivity contribution in [3.05, 3.63) is 0 Å². The quantitative estimate of drug-likeness (QED) is 0.372. The highest BCUT2D eigenvalue weighted by Crippen LogP contribution is 2.44. The van der Waals surface area contributed by atoms with Crippen LogP contribution in [-0.4, -0.2) is 0 Å². The van der Waals surface area contributed by atoms with Crippen LogP contribution in [0.25, 0.3) is 0 Å². The molecule has 0 aromatic heterocycles. The summed E-state index contributed by atoms with van der Waals surface area (Å²) in [5, 5.41) is 0. The molecule has 3 aliphatic carbocycles. The number of hydrogen-bond donors (Lipinski definition) is 0. The molecule has 0 aromatic carbocycles. The van der Waals surface area contributed by atoms with Gasteiger partial charge in [-0.05, 0) is 55.3 Å². The lowest BCUT2D eigenvalue weighted by Gasteiger charge is -2.26. The van der Waals surface area contributed by atoms with Gasteiger partial charge in [-0.3, -0.25) is 0 Å². The van der Waals surface area contributed by atoms with Crippen LogP contribution in [0.1, 0.15) is 193 Å². The molecule has 0 bridgehead atoms. The average molecular weight is 487 g/mol. The van der Waals surface area contributed by atoms with Gasteiger partial charge < -0.3 is 0 Å². The molecule has 0 heterocycles. The van der Waals surface area contributed by atoms with Crippen LogP contribution in [0, 0.1) is 29.6 Å². The number of rotatable bonds is 3. The lowest BCUT2D eigenvalue weighted by Crippen LogP contribution is -2.15. The van der Waals surface area contributed by atoms with E-state index in [4.69, 9.17) is 0 Å². The second-order valence-corrected chi connectivity index (χ2v) is 13.9. The molecular weight excluding hydrogens is 420 g/mol. The first-order valence-corrected chi connectivity index (χ1v) is 17.3. The van der Waals surface area contributed by atoms with E-state index in [2.05, 4.69) is 6.92 Å². The summed E-state index contributed by atoms with van der Waals surface area (Å²) in [6.07, 6.45) is 44.3. The SMILES string of the molecule is CC1CCCCCCCCCC(C2CCC(CC3CCCCCCCCCCCCCC3)C2)CC1. The highest BCUT2D eigenvalue weighted by atomic mass is 14.4. The summed E-state index contributed by atoms with van der Waals surface area (Å²) in [5.41, 5.74) is 0. The van der Waals surface area contributed by atoms with E-state index in [1.807, 2.05) is 0 Å². The van der Waals surface area contributed by atoms with E-state index in [0.717, 1.165) is 29.6 Å². The fraction of sp³-hybridized carbons (Fsp3) is 1.00. The summed E-state index contributed by atoms with van der Waals surface area (Å²) < 4.78 is 0. The molecule has 3 rings (SSSR count). The van der Waals surface area contributed by atoms with Gasteiger partial charge in [-0.15, -0.1) is 0 Å². The average Bonchev–Trinajstić information content (AvgIpc) is 3.32. The Morgan fingerprint density at radius 3 is 1.31 bits per heavy atom. The largest absolute Gasteiger partial charge is 0.0625 e. The lowest BCUT2D eigenvalue weighted by atomic mass is 9.79. The zero-order chi connectivity index (χ0) is 24.4. The Morgan fingerprint density at radius 2 is 0.771 bits per heavy atom. The fourth-order valence-electron chi connectivity index (χ4n) is 8.28. The zero-order valence-corrected chi connectivity index (χ0v) is 24.4. The maximum absolute atomic E-state index is 2.56. The van der Waals surface area contributed by atoms with Crippen molar-refractivity contribution in [2.45, 2.75) is 193 Å². The van der Waals surface area contributed by atoms with Crippen molar-refractivity contribution < 1.29 is 0 Å². The van der Waals surface area contributed by atoms with Gasteiger partial charge in [-0.2, -0.15) is 0 Å². The van der Waals surface area contributed by atoms with Gasteiger partial charge in [0.1, 0.15) is 0 Å². The standard InChI is InChI=1S/C35H66/c1-31-21-17-13-9-8-12-16-20-24-34(27-25-31)35-28-26-33(30-35)29-32-22-18-14-10-6-4-2-3-5-7-11-15-19-23-32/h31-35H,2-30H2,1H3. The molecule has 0 N–H and O–H groups in total. The monoisotopic (exact) mass is 487 g/mol. The molecular formula is C35H66. The molecule has 206 valence electrons. The molecule has 3 aliphatic rings. The first-order valence-electron chi connectivity index (χ1n) is 17.3. The van der Waals surface area contributed by atoms with Crippen LogP contribution < -0.4 is 0 Å². The normalized spacial score (nSPS) is 33.5. The molecule has 3 saturated carbocycles. The van der Waals surface area contributed by atoms with Gasteiger partial charge in [-0.1, -0.05) is 167 Å². The predicted octanol–water partition coefficient (Wildman–Crippen LogP) is 12.4. The van der Waals surface area contributed by atoms with Gasteiger partial charge in [0, 0.05) is 0 Å². The van der Waals surface area contributed by atoms with Crippen molar-refractivity contribution in [1.82, 2.24) is 0 Å². The van der Waals surface area contributed by atoms with Crippen LogP contribution in [0.3, 0.4) is 0 Å². The fourth-order valence-corrected chi connectivity index (χ4v) is 8.28. The smallest absolute Gasteiger partial charge is 0.0383 e. The molecule has 4 unspecified atom stereocenters. The van der Waals surface area contributed by atoms with Crippen molar-refractivity contribution in [3.8, 4) is 0 Å². The van der Waals surface area contributed by atoms with Crippen molar-refractivity contribution >= 4 is 0 Å². The van der Waals surface area contributed by atoms with E-state index in [1.165, 1.54) is 135 Å². The highest BCUT2D eigenvalue weighted by molar-refractivity contribution is 4.83. The maximum atomic E-state index is 2.56. The minimum Gasteiger partial charge on any atom is -0.0625 e. The van der Waals surface area contributed by atoms with Gasteiger partial charge in [-0.25, -0.2) is 0 Å². The van der Waals surface area contributed by atoms with Gasteiger partial charge in [0.15, 0.2) is 0 Å². The minimum absolute atomic E-state index is 0.976. The van der Waals surface area contributed by atoms with Crippen molar-refractivity contribution in [1.29, 1.82) is 0 Å².